The molecule has 0 unspecified atom stereocenters. The number of nitrogens with one attached hydrogen (secondary N) is 4. The molecule has 4 aromatic heterocycles. The summed E-state index contributed by atoms with van der Waals surface area (Å²) in [5.41, 5.74) is 11.0. The SMILES string of the molecule is CC1(C)CCC(CN2CCN(c3ccc(C(=O)NS(=O)(=O)c4cc5c(c([N+](=O)[O-])c4)C[C@@H](COC(=O)N4CCCCC4)CO5)c(Oc4cnc5[nH]ccc5c4)c3)CC2)=C(c2ccc(Cl)cc2)C1.COCC[C@H]1COc2cc(S(=O)(=O)NC(=O)c3ccc(N4CCN(CC5=C(c6ccc(Cl)cc6)CC(C)(C)CC5)CC4)cc3Oc3cnc4[nH]ccc4c3)cc([N+](=O)[O-])c2C1. The molecular formula is C94H103Cl2N13O17S2. The van der Waals surface area contributed by atoms with E-state index < -0.39 is 69.0 Å². The van der Waals surface area contributed by atoms with Crippen LogP contribution in [-0.2, 0) is 42.4 Å². The lowest BCUT2D eigenvalue weighted by Crippen LogP contribution is -2.47. The van der Waals surface area contributed by atoms with Crippen LogP contribution in [0.4, 0.5) is 27.5 Å². The molecule has 9 heterocycles. The van der Waals surface area contributed by atoms with Crippen LogP contribution in [0, 0.1) is 42.9 Å². The highest BCUT2D eigenvalue weighted by Gasteiger charge is 2.38. The van der Waals surface area contributed by atoms with Crippen LogP contribution in [-0.4, -0.2) is 191 Å². The zero-order valence-electron chi connectivity index (χ0n) is 72.0. The number of rotatable bonds is 25. The number of aromatic amines is 2. The Hall–Kier alpha value is -11.7. The number of carbonyl (C=O) groups excluding carboxylic acids is 3. The first-order valence-corrected chi connectivity index (χ1v) is 47.0. The van der Waals surface area contributed by atoms with Crippen molar-refractivity contribution in [1.29, 1.82) is 0 Å². The van der Waals surface area contributed by atoms with Crippen molar-refractivity contribution in [2.24, 2.45) is 22.7 Å². The molecule has 4 N–H and O–H groups in total. The molecule has 3 fully saturated rings. The number of methoxy groups -OCH3 is 1. The summed E-state index contributed by atoms with van der Waals surface area (Å²) in [5.74, 6) is -1.41. The molecule has 6 aromatic carbocycles. The van der Waals surface area contributed by atoms with Gasteiger partial charge in [0.15, 0.2) is 0 Å². The number of aromatic nitrogens is 4. The summed E-state index contributed by atoms with van der Waals surface area (Å²) in [7, 11) is -7.73. The molecule has 3 amide bonds. The number of benzene rings is 6. The molecule has 0 radical (unpaired) electrons. The first-order chi connectivity index (χ1) is 61.4. The molecule has 5 aliphatic heterocycles. The molecular weight excluding hydrogens is 1720 g/mol. The average Bonchev–Trinajstić information content (AvgIpc) is 1.05. The first-order valence-electron chi connectivity index (χ1n) is 43.2. The van der Waals surface area contributed by atoms with Gasteiger partial charge in [0.2, 0.25) is 0 Å². The number of likely N-dealkylation sites (tertiary alicyclic amines) is 1. The number of pyridine rings is 2. The van der Waals surface area contributed by atoms with Crippen molar-refractivity contribution in [2.45, 2.75) is 115 Å². The van der Waals surface area contributed by atoms with Crippen molar-refractivity contribution in [3.8, 4) is 34.5 Å². The van der Waals surface area contributed by atoms with E-state index in [1.807, 2.05) is 36.4 Å². The van der Waals surface area contributed by atoms with Gasteiger partial charge in [0.25, 0.3) is 43.2 Å². The molecule has 672 valence electrons. The second-order valence-corrected chi connectivity index (χ2v) is 39.8. The molecule has 10 aromatic rings. The quantitative estimate of drug-likeness (QED) is 0.0305. The molecule has 2 atom stereocenters. The molecule has 128 heavy (non-hydrogen) atoms. The van der Waals surface area contributed by atoms with Crippen molar-refractivity contribution >= 4 is 117 Å². The second-order valence-electron chi connectivity index (χ2n) is 35.5. The van der Waals surface area contributed by atoms with Gasteiger partial charge in [-0.25, -0.2) is 41.0 Å². The van der Waals surface area contributed by atoms with Crippen LogP contribution in [0.3, 0.4) is 0 Å². The number of anilines is 2. The zero-order valence-corrected chi connectivity index (χ0v) is 75.1. The van der Waals surface area contributed by atoms with Gasteiger partial charge in [0.05, 0.1) is 74.1 Å². The summed E-state index contributed by atoms with van der Waals surface area (Å²) >= 11 is 12.5. The van der Waals surface area contributed by atoms with Gasteiger partial charge < -0.3 is 53.1 Å². The van der Waals surface area contributed by atoms with E-state index in [4.69, 9.17) is 51.6 Å². The lowest BCUT2D eigenvalue weighted by molar-refractivity contribution is -0.386. The minimum Gasteiger partial charge on any atom is -0.493 e. The van der Waals surface area contributed by atoms with E-state index in [9.17, 15) is 51.4 Å². The van der Waals surface area contributed by atoms with Gasteiger partial charge >= 0.3 is 6.09 Å². The normalized spacial score (nSPS) is 18.5. The van der Waals surface area contributed by atoms with E-state index >= 15 is 0 Å². The number of hydrogen-bond donors (Lipinski definition) is 4. The number of ether oxygens (including phenoxy) is 6. The smallest absolute Gasteiger partial charge is 0.409 e. The summed E-state index contributed by atoms with van der Waals surface area (Å²) in [6.45, 7) is 19.1. The average molecular weight is 1820 g/mol. The van der Waals surface area contributed by atoms with E-state index in [-0.39, 0.29) is 88.6 Å². The number of H-pyrrole nitrogens is 2. The number of halogens is 2. The maximum absolute atomic E-state index is 14.1. The maximum atomic E-state index is 14.1. The van der Waals surface area contributed by atoms with E-state index in [0.29, 0.717) is 74.0 Å². The predicted molar refractivity (Wildman–Crippen MR) is 489 cm³/mol. The van der Waals surface area contributed by atoms with Crippen molar-refractivity contribution in [2.75, 3.05) is 122 Å². The first kappa shape index (κ1) is 89.7. The van der Waals surface area contributed by atoms with Crippen molar-refractivity contribution in [3.05, 3.63) is 233 Å². The van der Waals surface area contributed by atoms with Gasteiger partial charge in [-0.2, -0.15) is 0 Å². The number of sulfonamides is 2. The van der Waals surface area contributed by atoms with Gasteiger partial charge in [-0.05, 0) is 189 Å². The van der Waals surface area contributed by atoms with Crippen molar-refractivity contribution in [3.63, 3.8) is 0 Å². The topological polar surface area (TPSA) is 359 Å². The van der Waals surface area contributed by atoms with Crippen LogP contribution < -0.4 is 38.2 Å². The molecule has 3 saturated heterocycles. The molecule has 0 saturated carbocycles. The molecule has 0 bridgehead atoms. The number of piperidine rings is 1. The highest BCUT2D eigenvalue weighted by Crippen LogP contribution is 2.47. The van der Waals surface area contributed by atoms with Crippen molar-refractivity contribution < 1.29 is 69.5 Å². The van der Waals surface area contributed by atoms with E-state index in [0.717, 1.165) is 154 Å². The molecule has 30 nitrogen and oxygen atoms in total. The Morgan fingerprint density at radius 3 is 1.43 bits per heavy atom. The van der Waals surface area contributed by atoms with Gasteiger partial charge in [-0.15, -0.1) is 0 Å². The highest BCUT2D eigenvalue weighted by atomic mass is 35.5. The number of nitro groups is 2. The third-order valence-electron chi connectivity index (χ3n) is 25.2. The summed E-state index contributed by atoms with van der Waals surface area (Å²) in [4.78, 5) is 88.9. The number of allylic oxidation sites excluding steroid dienone is 2. The fourth-order valence-electron chi connectivity index (χ4n) is 18.0. The Labute approximate surface area is 752 Å². The fraction of sp³-hybridized carbons (Fsp3) is 0.394. The summed E-state index contributed by atoms with van der Waals surface area (Å²) in [6, 6.07) is 37.9. The third kappa shape index (κ3) is 21.2. The Morgan fingerprint density at radius 2 is 0.992 bits per heavy atom. The van der Waals surface area contributed by atoms with Gasteiger partial charge in [0.1, 0.15) is 45.8 Å². The Kier molecular flexibility index (Phi) is 26.9. The van der Waals surface area contributed by atoms with Gasteiger partial charge in [-0.3, -0.25) is 39.6 Å². The largest absolute Gasteiger partial charge is 0.493 e. The highest BCUT2D eigenvalue weighted by molar-refractivity contribution is 7.90. The van der Waals surface area contributed by atoms with Crippen LogP contribution in [0.2, 0.25) is 10.0 Å². The Balaban J connectivity index is 0.000000189. The molecule has 7 aliphatic rings. The number of nitro benzene ring substituents is 2. The van der Waals surface area contributed by atoms with Crippen LogP contribution in [0.1, 0.15) is 135 Å². The number of fused-ring (bicyclic) bond motifs is 4. The minimum absolute atomic E-state index is 0.00293. The van der Waals surface area contributed by atoms with Gasteiger partial charge in [0, 0.05) is 179 Å². The summed E-state index contributed by atoms with van der Waals surface area (Å²) in [5, 5.41) is 27.5. The van der Waals surface area contributed by atoms with Crippen LogP contribution in [0.5, 0.6) is 34.5 Å². The van der Waals surface area contributed by atoms with Crippen LogP contribution in [0.15, 0.2) is 179 Å². The van der Waals surface area contributed by atoms with Crippen LogP contribution >= 0.6 is 23.2 Å². The number of hydrogen-bond acceptors (Lipinski definition) is 23. The number of amides is 3. The van der Waals surface area contributed by atoms with Crippen LogP contribution in [0.25, 0.3) is 33.2 Å². The molecule has 34 heteroatoms. The van der Waals surface area contributed by atoms with E-state index in [1.165, 1.54) is 70.1 Å². The molecule has 17 rings (SSSR count). The zero-order chi connectivity index (χ0) is 89.8. The van der Waals surface area contributed by atoms with E-state index in [1.54, 1.807) is 60.8 Å². The summed E-state index contributed by atoms with van der Waals surface area (Å²) in [6.07, 6.45) is 16.4. The number of nitrogens with zero attached hydrogens (tertiary/aromatic N) is 9. The lowest BCUT2D eigenvalue weighted by Gasteiger charge is -2.39. The standard InChI is InChI=1S/C49H54ClN7O9S.C45H49ClN6O8S/c1-49(2)14-12-35(42(27-49)33-6-8-36(50)9-7-33)29-54-18-20-55(21-19-54)37-10-11-40(45(24-37)66-38-23-34-13-15-51-46(34)52-28-38)47(58)53-67(62,63)39-25-43(57(60)61)41-22-32(30-64-44(41)26-39)31-65-48(59)56-16-4-3-5-17-56;1-45(2)13-10-32(39(25-45)30-4-6-33(46)7-5-30)27-50-15-17-51(18-16-50)34-8-9-37(42(22-34)60-35-21-31-11-14-47-43(31)48-26-35)44(53)49-61(56,57)36-23-40(52(54)55)38-20-29(12-19-58-3)28-59-41(38)24-36/h6-11,13,15,23-26,28,32H,3-5,12,14,16-22,27,29-31H2,1-2H3,(H,51,52)(H,53,58);4-9,11,14,21-24,26,29H,10,12-13,15-20,25,27-28H2,1-3H3,(H,47,48)(H,49,53)/t32-;29-/m11/s1. The monoisotopic (exact) mass is 1820 g/mol. The van der Waals surface area contributed by atoms with E-state index in [2.05, 4.69) is 101 Å². The minimum atomic E-state index is -4.69. The fourth-order valence-corrected chi connectivity index (χ4v) is 20.2. The van der Waals surface area contributed by atoms with Gasteiger partial charge in [-0.1, -0.05) is 86.3 Å². The predicted octanol–water partition coefficient (Wildman–Crippen LogP) is 17.4. The maximum Gasteiger partial charge on any atom is 0.409 e. The number of carbonyl (C=O) groups is 3. The third-order valence-corrected chi connectivity index (χ3v) is 28.3. The Bertz CT molecular complexity index is 6180. The lowest BCUT2D eigenvalue weighted by atomic mass is 9.72. The van der Waals surface area contributed by atoms with Crippen molar-refractivity contribution in [1.82, 2.24) is 44.1 Å². The second kappa shape index (κ2) is 38.3. The Morgan fingerprint density at radius 1 is 0.555 bits per heavy atom. The molecule has 2 aliphatic carbocycles. The number of piperazine rings is 2. The summed E-state index contributed by atoms with van der Waals surface area (Å²) < 4.78 is 94.8. The molecule has 0 spiro atoms.